The molecule has 1 heterocycles. The minimum absolute atomic E-state index is 0.216. The molecule has 0 aromatic carbocycles. The zero-order valence-corrected chi connectivity index (χ0v) is 17.1. The maximum absolute atomic E-state index is 15.6. The molecule has 24 heavy (non-hydrogen) atoms. The van der Waals surface area contributed by atoms with Crippen LogP contribution >= 0.6 is 23.3 Å². The van der Waals surface area contributed by atoms with Gasteiger partial charge in [-0.3, -0.25) is 4.25 Å². The summed E-state index contributed by atoms with van der Waals surface area (Å²) >= 11 is 0. The Morgan fingerprint density at radius 3 is 1.33 bits per heavy atom. The summed E-state index contributed by atoms with van der Waals surface area (Å²) in [5.74, 6) is 0. The molecule has 144 valence electrons. The van der Waals surface area contributed by atoms with Gasteiger partial charge in [-0.15, -0.1) is 34.5 Å². The van der Waals surface area contributed by atoms with Crippen molar-refractivity contribution in [3.8, 4) is 0 Å². The van der Waals surface area contributed by atoms with Gasteiger partial charge in [-0.2, -0.15) is 0 Å². The number of hydrogen-bond donors (Lipinski definition) is 0. The van der Waals surface area contributed by atoms with Gasteiger partial charge < -0.3 is 0 Å². The molecular weight excluding hydrogens is 388 g/mol. The molecular formula is C12H27F5N4P3+. The summed E-state index contributed by atoms with van der Waals surface area (Å²) in [7, 11) is -16.1. The summed E-state index contributed by atoms with van der Waals surface area (Å²) < 4.78 is 78.3. The first-order valence-electron chi connectivity index (χ1n) is 8.32. The van der Waals surface area contributed by atoms with Gasteiger partial charge in [-0.05, 0) is 19.3 Å². The van der Waals surface area contributed by atoms with Crippen molar-refractivity contribution in [3.05, 3.63) is 0 Å². The summed E-state index contributed by atoms with van der Waals surface area (Å²) in [6.07, 6.45) is 3.86. The Balaban J connectivity index is 3.52. The van der Waals surface area contributed by atoms with Crippen LogP contribution in [0.3, 0.4) is 0 Å². The molecule has 1 rings (SSSR count). The third-order valence-corrected chi connectivity index (χ3v) is 10.9. The highest BCUT2D eigenvalue weighted by atomic mass is 31.3. The second kappa shape index (κ2) is 8.79. The topological polar surface area (TPSA) is 37.1 Å². The summed E-state index contributed by atoms with van der Waals surface area (Å²) in [6.45, 7) is 6.33. The molecule has 0 N–H and O–H groups in total. The van der Waals surface area contributed by atoms with Crippen molar-refractivity contribution in [1.82, 2.24) is 0 Å². The van der Waals surface area contributed by atoms with Crippen molar-refractivity contribution in [3.63, 3.8) is 0 Å². The number of halogens is 5. The predicted molar refractivity (Wildman–Crippen MR) is 93.2 cm³/mol. The van der Waals surface area contributed by atoms with Gasteiger partial charge in [0.2, 0.25) is 0 Å². The standard InChI is InChI=1S/C12H27F5N4P3/c1-4-7-10-21(11-8-5-2,12-9-6-3)24(17)19-22(13,14)18-23(15,16)20-24/h4-12H2,1-3H3/q+1. The van der Waals surface area contributed by atoms with Crippen LogP contribution in [-0.2, 0) is 0 Å². The van der Waals surface area contributed by atoms with Gasteiger partial charge in [0, 0.05) is 0 Å². The Kier molecular flexibility index (Phi) is 8.19. The second-order valence-electron chi connectivity index (χ2n) is 6.00. The van der Waals surface area contributed by atoms with E-state index in [0.717, 1.165) is 19.3 Å². The number of rotatable bonds is 10. The Morgan fingerprint density at radius 1 is 0.625 bits per heavy atom. The van der Waals surface area contributed by atoms with Gasteiger partial charge in [0.25, 0.3) is 0 Å². The molecule has 0 amide bonds. The van der Waals surface area contributed by atoms with E-state index in [1.807, 2.05) is 20.8 Å². The summed E-state index contributed by atoms with van der Waals surface area (Å²) in [4.78, 5) is 0. The highest BCUT2D eigenvalue weighted by molar-refractivity contribution is 7.77. The monoisotopic (exact) mass is 415 g/mol. The van der Waals surface area contributed by atoms with E-state index in [-0.39, 0.29) is 19.6 Å². The predicted octanol–water partition coefficient (Wildman–Crippen LogP) is 8.90. The van der Waals surface area contributed by atoms with Crippen molar-refractivity contribution in [2.45, 2.75) is 59.3 Å². The molecule has 0 bridgehead atoms. The van der Waals surface area contributed by atoms with Gasteiger partial charge in [-0.1, -0.05) is 40.0 Å². The molecule has 1 unspecified atom stereocenters. The average molecular weight is 415 g/mol. The second-order valence-corrected chi connectivity index (χ2v) is 11.8. The molecule has 0 saturated heterocycles. The lowest BCUT2D eigenvalue weighted by molar-refractivity contribution is -0.815. The first kappa shape index (κ1) is 22.3. The molecule has 1 atom stereocenters. The zero-order valence-electron chi connectivity index (χ0n) is 14.4. The molecule has 0 aromatic heterocycles. The third kappa shape index (κ3) is 5.65. The van der Waals surface area contributed by atoms with Crippen LogP contribution in [0.1, 0.15) is 59.3 Å². The summed E-state index contributed by atoms with van der Waals surface area (Å²) in [5, 5.41) is 0. The van der Waals surface area contributed by atoms with E-state index in [1.165, 1.54) is 0 Å². The molecule has 0 fully saturated rings. The minimum Gasteiger partial charge on any atom is -0.254 e. The van der Waals surface area contributed by atoms with Gasteiger partial charge >= 0.3 is 23.3 Å². The minimum atomic E-state index is -5.66. The highest BCUT2D eigenvalue weighted by Crippen LogP contribution is 2.84. The van der Waals surface area contributed by atoms with E-state index in [1.54, 1.807) is 0 Å². The highest BCUT2D eigenvalue weighted by Gasteiger charge is 2.52. The molecule has 0 spiro atoms. The van der Waals surface area contributed by atoms with Crippen molar-refractivity contribution in [2.75, 3.05) is 19.6 Å². The fourth-order valence-electron chi connectivity index (χ4n) is 2.70. The number of nitrogens with zero attached hydrogens (tertiary/aromatic N) is 4. The average Bonchev–Trinajstić information content (AvgIpc) is 2.42. The van der Waals surface area contributed by atoms with Crippen LogP contribution in [0.15, 0.2) is 13.5 Å². The number of quaternary nitrogens is 1. The number of unbranched alkanes of at least 4 members (excludes halogenated alkanes) is 3. The normalized spacial score (nSPS) is 25.5. The maximum Gasteiger partial charge on any atom is 0.445 e. The Hall–Kier alpha value is 0.300. The molecule has 12 heteroatoms. The first-order chi connectivity index (χ1) is 11.1. The lowest BCUT2D eigenvalue weighted by atomic mass is 10.2. The van der Waals surface area contributed by atoms with Crippen LogP contribution in [0.25, 0.3) is 0 Å². The maximum atomic E-state index is 15.6. The van der Waals surface area contributed by atoms with E-state index in [4.69, 9.17) is 0 Å². The van der Waals surface area contributed by atoms with Gasteiger partial charge in [-0.25, -0.2) is 0 Å². The van der Waals surface area contributed by atoms with Crippen LogP contribution in [-0.4, -0.2) is 23.9 Å². The fraction of sp³-hybridized carbons (Fsp3) is 1.00. The van der Waals surface area contributed by atoms with E-state index < -0.39 is 27.6 Å². The van der Waals surface area contributed by atoms with Crippen LogP contribution in [0.2, 0.25) is 0 Å². The van der Waals surface area contributed by atoms with Crippen LogP contribution in [0, 0.1) is 0 Å². The van der Waals surface area contributed by atoms with E-state index in [9.17, 15) is 16.8 Å². The zero-order chi connectivity index (χ0) is 18.5. The SMILES string of the molecule is CCCC[N+](CCCC)(CCCC)P1(F)=NP(F)(F)=NP(F)(F)=N1. The van der Waals surface area contributed by atoms with Crippen molar-refractivity contribution in [1.29, 1.82) is 0 Å². The smallest absolute Gasteiger partial charge is 0.254 e. The number of hydrogen-bond acceptors (Lipinski definition) is 3. The Labute approximate surface area is 141 Å². The molecule has 1 aliphatic rings. The summed E-state index contributed by atoms with van der Waals surface area (Å²) in [6, 6.07) is 0. The quantitative estimate of drug-likeness (QED) is 0.252. The third-order valence-electron chi connectivity index (χ3n) is 3.98. The largest absolute Gasteiger partial charge is 0.445 e. The lowest BCUT2D eigenvalue weighted by Gasteiger charge is -2.41. The molecule has 0 aliphatic carbocycles. The van der Waals surface area contributed by atoms with Crippen molar-refractivity contribution in [2.24, 2.45) is 13.5 Å². The van der Waals surface area contributed by atoms with Crippen LogP contribution in [0.5, 0.6) is 0 Å². The first-order valence-corrected chi connectivity index (χ1v) is 12.8. The van der Waals surface area contributed by atoms with Gasteiger partial charge in [0.1, 0.15) is 0 Å². The Morgan fingerprint density at radius 2 is 1.00 bits per heavy atom. The summed E-state index contributed by atoms with van der Waals surface area (Å²) in [5.41, 5.74) is 0. The van der Waals surface area contributed by atoms with E-state index in [0.29, 0.717) is 19.3 Å². The molecule has 1 aliphatic heterocycles. The lowest BCUT2D eigenvalue weighted by Crippen LogP contribution is -2.45. The van der Waals surface area contributed by atoms with E-state index >= 15 is 4.20 Å². The van der Waals surface area contributed by atoms with Crippen LogP contribution in [0.4, 0.5) is 21.0 Å². The van der Waals surface area contributed by atoms with Gasteiger partial charge in [0.05, 0.1) is 19.6 Å². The van der Waals surface area contributed by atoms with Crippen LogP contribution < -0.4 is 0 Å². The fourth-order valence-corrected chi connectivity index (χ4v) is 9.87. The van der Waals surface area contributed by atoms with Crippen molar-refractivity contribution >= 4 is 23.3 Å². The van der Waals surface area contributed by atoms with Gasteiger partial charge in [0.15, 0.2) is 0 Å². The molecule has 0 radical (unpaired) electrons. The van der Waals surface area contributed by atoms with Crippen molar-refractivity contribution < 1.29 is 25.2 Å². The molecule has 0 aromatic rings. The molecule has 0 saturated carbocycles. The van der Waals surface area contributed by atoms with E-state index in [2.05, 4.69) is 13.5 Å². The Bertz CT molecular complexity index is 554. The molecule has 4 nitrogen and oxygen atoms in total.